The summed E-state index contributed by atoms with van der Waals surface area (Å²) in [4.78, 5) is 7.61. The molecule has 0 radical (unpaired) electrons. The quantitative estimate of drug-likeness (QED) is 0.752. The van der Waals surface area contributed by atoms with Crippen LogP contribution >= 0.6 is 12.2 Å². The predicted molar refractivity (Wildman–Crippen MR) is 60.2 cm³/mol. The first kappa shape index (κ1) is 9.65. The van der Waals surface area contributed by atoms with Gasteiger partial charge < -0.3 is 10.3 Å². The summed E-state index contributed by atoms with van der Waals surface area (Å²) in [5, 5.41) is 3.31. The van der Waals surface area contributed by atoms with Crippen molar-refractivity contribution in [2.45, 2.75) is 38.6 Å². The molecule has 0 bridgehead atoms. The van der Waals surface area contributed by atoms with Gasteiger partial charge in [0.2, 0.25) is 0 Å². The highest BCUT2D eigenvalue weighted by Crippen LogP contribution is 2.38. The van der Waals surface area contributed by atoms with E-state index in [1.54, 1.807) is 0 Å². The average molecular weight is 209 g/mol. The molecule has 1 saturated carbocycles. The van der Waals surface area contributed by atoms with Crippen LogP contribution in [-0.2, 0) is 0 Å². The Hall–Kier alpha value is -0.900. The maximum Gasteiger partial charge on any atom is 0.131 e. The smallest absolute Gasteiger partial charge is 0.131 e. The van der Waals surface area contributed by atoms with E-state index in [4.69, 9.17) is 12.2 Å². The van der Waals surface area contributed by atoms with Gasteiger partial charge in [0.15, 0.2) is 0 Å². The Morgan fingerprint density at radius 3 is 2.86 bits per heavy atom. The van der Waals surface area contributed by atoms with E-state index < -0.39 is 0 Å². The normalized spacial score (nSPS) is 15.9. The van der Waals surface area contributed by atoms with E-state index in [-0.39, 0.29) is 0 Å². The van der Waals surface area contributed by atoms with Gasteiger partial charge in [0, 0.05) is 18.0 Å². The molecule has 14 heavy (non-hydrogen) atoms. The van der Waals surface area contributed by atoms with Gasteiger partial charge in [-0.2, -0.15) is 0 Å². The Balaban J connectivity index is 2.26. The van der Waals surface area contributed by atoms with Crippen LogP contribution in [0, 0.1) is 4.64 Å². The van der Waals surface area contributed by atoms with E-state index in [1.165, 1.54) is 12.8 Å². The Morgan fingerprint density at radius 2 is 2.29 bits per heavy atom. The minimum atomic E-state index is 0.412. The molecule has 0 unspecified atom stereocenters. The van der Waals surface area contributed by atoms with Crippen molar-refractivity contribution in [1.29, 1.82) is 0 Å². The van der Waals surface area contributed by atoms with Crippen LogP contribution in [0.1, 0.15) is 38.4 Å². The number of hydrogen-bond acceptors (Lipinski definition) is 3. The van der Waals surface area contributed by atoms with Gasteiger partial charge in [-0.25, -0.2) is 4.98 Å². The summed E-state index contributed by atoms with van der Waals surface area (Å²) < 4.78 is 0.675. The van der Waals surface area contributed by atoms with Crippen LogP contribution in [-0.4, -0.2) is 16.0 Å². The van der Waals surface area contributed by atoms with Crippen LogP contribution in [0.25, 0.3) is 0 Å². The maximum atomic E-state index is 5.12. The summed E-state index contributed by atoms with van der Waals surface area (Å²) in [7, 11) is 0. The second-order valence-corrected chi connectivity index (χ2v) is 4.51. The summed E-state index contributed by atoms with van der Waals surface area (Å²) in [6.07, 6.45) is 2.48. The summed E-state index contributed by atoms with van der Waals surface area (Å²) in [5.74, 6) is 2.65. The van der Waals surface area contributed by atoms with Gasteiger partial charge in [0.1, 0.15) is 16.3 Å². The lowest BCUT2D eigenvalue weighted by Gasteiger charge is -2.10. The molecule has 3 nitrogen and oxygen atoms in total. The van der Waals surface area contributed by atoms with Crippen LogP contribution < -0.4 is 5.32 Å². The van der Waals surface area contributed by atoms with Crippen LogP contribution in [0.5, 0.6) is 0 Å². The van der Waals surface area contributed by atoms with Crippen molar-refractivity contribution in [2.24, 2.45) is 0 Å². The highest BCUT2D eigenvalue weighted by atomic mass is 32.1. The maximum absolute atomic E-state index is 5.12. The van der Waals surface area contributed by atoms with Gasteiger partial charge in [-0.05, 0) is 26.7 Å². The predicted octanol–water partition coefficient (Wildman–Crippen LogP) is 2.84. The average Bonchev–Trinajstić information content (AvgIpc) is 2.82. The highest BCUT2D eigenvalue weighted by molar-refractivity contribution is 7.71. The molecule has 0 spiro atoms. The SMILES string of the molecule is CC(C)Nc1cc(=S)nc(C2CC2)[nH]1. The van der Waals surface area contributed by atoms with Crippen LogP contribution in [0.4, 0.5) is 5.82 Å². The summed E-state index contributed by atoms with van der Waals surface area (Å²) in [6.45, 7) is 4.21. The fourth-order valence-electron chi connectivity index (χ4n) is 1.42. The molecule has 2 N–H and O–H groups in total. The first-order valence-corrected chi connectivity index (χ1v) is 5.44. The van der Waals surface area contributed by atoms with Crippen molar-refractivity contribution in [3.63, 3.8) is 0 Å². The molecule has 1 aromatic heterocycles. The molecule has 1 aliphatic rings. The fourth-order valence-corrected chi connectivity index (χ4v) is 1.63. The minimum Gasteiger partial charge on any atom is -0.369 e. The standard InChI is InChI=1S/C10H15N3S/c1-6(2)11-8-5-9(14)13-10(12-8)7-3-4-7/h5-7H,3-4H2,1-2H3,(H2,11,12,13,14). The third-order valence-electron chi connectivity index (χ3n) is 2.17. The summed E-state index contributed by atoms with van der Waals surface area (Å²) in [6, 6.07) is 2.29. The van der Waals surface area contributed by atoms with Crippen molar-refractivity contribution >= 4 is 18.0 Å². The molecule has 0 amide bonds. The van der Waals surface area contributed by atoms with Gasteiger partial charge in [0.25, 0.3) is 0 Å². The van der Waals surface area contributed by atoms with Gasteiger partial charge >= 0.3 is 0 Å². The molecule has 1 heterocycles. The molecular formula is C10H15N3S. The number of nitrogens with zero attached hydrogens (tertiary/aromatic N) is 1. The molecule has 1 fully saturated rings. The lowest BCUT2D eigenvalue weighted by molar-refractivity contribution is 0.862. The van der Waals surface area contributed by atoms with E-state index in [9.17, 15) is 0 Å². The monoisotopic (exact) mass is 209 g/mol. The topological polar surface area (TPSA) is 40.7 Å². The van der Waals surface area contributed by atoms with E-state index in [0.29, 0.717) is 16.6 Å². The number of rotatable bonds is 3. The second kappa shape index (κ2) is 3.69. The van der Waals surface area contributed by atoms with Crippen molar-refractivity contribution < 1.29 is 0 Å². The van der Waals surface area contributed by atoms with Crippen LogP contribution in [0.15, 0.2) is 6.07 Å². The van der Waals surface area contributed by atoms with Crippen molar-refractivity contribution in [3.05, 3.63) is 16.5 Å². The van der Waals surface area contributed by atoms with Gasteiger partial charge in [-0.15, -0.1) is 0 Å². The van der Waals surface area contributed by atoms with Gasteiger partial charge in [0.05, 0.1) is 0 Å². The molecular weight excluding hydrogens is 194 g/mol. The van der Waals surface area contributed by atoms with E-state index in [1.807, 2.05) is 6.07 Å². The molecule has 4 heteroatoms. The second-order valence-electron chi connectivity index (χ2n) is 4.09. The summed E-state index contributed by atoms with van der Waals surface area (Å²) >= 11 is 5.12. The molecule has 2 rings (SSSR count). The lowest BCUT2D eigenvalue weighted by Crippen LogP contribution is -2.12. The number of aromatic amines is 1. The third-order valence-corrected chi connectivity index (χ3v) is 2.38. The number of anilines is 1. The highest BCUT2D eigenvalue weighted by Gasteiger charge is 2.26. The molecule has 0 saturated heterocycles. The molecule has 0 aromatic carbocycles. The zero-order valence-corrected chi connectivity index (χ0v) is 9.32. The Kier molecular flexibility index (Phi) is 2.54. The molecule has 1 aliphatic carbocycles. The van der Waals surface area contributed by atoms with Crippen molar-refractivity contribution in [1.82, 2.24) is 9.97 Å². The number of aromatic nitrogens is 2. The summed E-state index contributed by atoms with van der Waals surface area (Å²) in [5.41, 5.74) is 0. The fraction of sp³-hybridized carbons (Fsp3) is 0.600. The van der Waals surface area contributed by atoms with Crippen molar-refractivity contribution in [2.75, 3.05) is 5.32 Å². The van der Waals surface area contributed by atoms with E-state index >= 15 is 0 Å². The number of H-pyrrole nitrogens is 1. The number of nitrogens with one attached hydrogen (secondary N) is 2. The molecule has 0 atom stereocenters. The first-order chi connectivity index (χ1) is 6.65. The first-order valence-electron chi connectivity index (χ1n) is 5.03. The van der Waals surface area contributed by atoms with E-state index in [0.717, 1.165) is 11.6 Å². The molecule has 1 aromatic rings. The minimum absolute atomic E-state index is 0.412. The van der Waals surface area contributed by atoms with Crippen molar-refractivity contribution in [3.8, 4) is 0 Å². The Bertz CT molecular complexity index is 379. The van der Waals surface area contributed by atoms with E-state index in [2.05, 4.69) is 29.1 Å². The van der Waals surface area contributed by atoms with Gasteiger partial charge in [-0.1, -0.05) is 12.2 Å². The zero-order valence-electron chi connectivity index (χ0n) is 8.50. The number of hydrogen-bond donors (Lipinski definition) is 2. The van der Waals surface area contributed by atoms with Crippen LogP contribution in [0.3, 0.4) is 0 Å². The largest absolute Gasteiger partial charge is 0.369 e. The lowest BCUT2D eigenvalue weighted by atomic mass is 10.3. The Morgan fingerprint density at radius 1 is 1.57 bits per heavy atom. The molecule has 0 aliphatic heterocycles. The molecule has 76 valence electrons. The third kappa shape index (κ3) is 2.32. The zero-order chi connectivity index (χ0) is 10.1. The van der Waals surface area contributed by atoms with Crippen LogP contribution in [0.2, 0.25) is 0 Å². The Labute approximate surface area is 89.0 Å². The van der Waals surface area contributed by atoms with Gasteiger partial charge in [-0.3, -0.25) is 0 Å².